The minimum atomic E-state index is -0.0991. The number of halogens is 1. The molecular formula is C12H16ClNO2. The summed E-state index contributed by atoms with van der Waals surface area (Å²) in [4.78, 5) is 11.7. The smallest absolute Gasteiger partial charge is 0.251 e. The number of benzene rings is 1. The highest BCUT2D eigenvalue weighted by atomic mass is 35.5. The Kier molecular flexibility index (Phi) is 5.12. The summed E-state index contributed by atoms with van der Waals surface area (Å²) in [7, 11) is 1.54. The molecule has 0 unspecified atom stereocenters. The molecule has 1 rings (SSSR count). The van der Waals surface area contributed by atoms with Gasteiger partial charge in [0.15, 0.2) is 0 Å². The molecule has 1 aromatic rings. The van der Waals surface area contributed by atoms with Gasteiger partial charge >= 0.3 is 0 Å². The lowest BCUT2D eigenvalue weighted by Crippen LogP contribution is -2.24. The first-order valence-electron chi connectivity index (χ1n) is 5.30. The monoisotopic (exact) mass is 241 g/mol. The summed E-state index contributed by atoms with van der Waals surface area (Å²) in [6.07, 6.45) is 2.04. The van der Waals surface area contributed by atoms with Crippen molar-refractivity contribution in [2.75, 3.05) is 13.7 Å². The zero-order chi connectivity index (χ0) is 12.0. The maximum absolute atomic E-state index is 11.7. The number of carbonyl (C=O) groups excluding carboxylic acids is 1. The van der Waals surface area contributed by atoms with E-state index in [0.717, 1.165) is 12.8 Å². The predicted octanol–water partition coefficient (Wildman–Crippen LogP) is 2.88. The van der Waals surface area contributed by atoms with Gasteiger partial charge in [0, 0.05) is 12.1 Å². The highest BCUT2D eigenvalue weighted by Crippen LogP contribution is 2.24. The minimum absolute atomic E-state index is 0.0991. The number of carbonyl (C=O) groups is 1. The summed E-state index contributed by atoms with van der Waals surface area (Å²) < 4.78 is 5.01. The zero-order valence-electron chi connectivity index (χ0n) is 9.55. The fraction of sp³-hybridized carbons (Fsp3) is 0.417. The van der Waals surface area contributed by atoms with Crippen molar-refractivity contribution in [1.82, 2.24) is 5.32 Å². The van der Waals surface area contributed by atoms with Crippen LogP contribution >= 0.6 is 11.6 Å². The van der Waals surface area contributed by atoms with Crippen LogP contribution in [0.4, 0.5) is 0 Å². The Balaban J connectivity index is 2.66. The number of unbranched alkanes of at least 4 members (excludes halogenated alkanes) is 1. The Bertz CT molecular complexity index is 366. The van der Waals surface area contributed by atoms with E-state index in [-0.39, 0.29) is 5.91 Å². The third-order valence-electron chi connectivity index (χ3n) is 2.23. The molecule has 0 aromatic heterocycles. The summed E-state index contributed by atoms with van der Waals surface area (Å²) in [6, 6.07) is 5.00. The van der Waals surface area contributed by atoms with E-state index in [2.05, 4.69) is 12.2 Å². The van der Waals surface area contributed by atoms with Crippen molar-refractivity contribution in [3.63, 3.8) is 0 Å². The van der Waals surface area contributed by atoms with Crippen molar-refractivity contribution < 1.29 is 9.53 Å². The first-order chi connectivity index (χ1) is 7.69. The highest BCUT2D eigenvalue weighted by molar-refractivity contribution is 6.32. The Hall–Kier alpha value is -1.22. The van der Waals surface area contributed by atoms with Crippen LogP contribution in [-0.2, 0) is 0 Å². The normalized spacial score (nSPS) is 9.94. The second kappa shape index (κ2) is 6.38. The molecule has 0 aliphatic heterocycles. The van der Waals surface area contributed by atoms with E-state index < -0.39 is 0 Å². The van der Waals surface area contributed by atoms with E-state index in [1.54, 1.807) is 25.3 Å². The molecule has 0 fully saturated rings. The largest absolute Gasteiger partial charge is 0.495 e. The first-order valence-corrected chi connectivity index (χ1v) is 5.68. The Labute approximate surface area is 101 Å². The van der Waals surface area contributed by atoms with Crippen molar-refractivity contribution in [2.45, 2.75) is 19.8 Å². The van der Waals surface area contributed by atoms with Crippen LogP contribution in [0.25, 0.3) is 0 Å². The molecule has 0 spiro atoms. The molecule has 1 aromatic carbocycles. The third-order valence-corrected chi connectivity index (χ3v) is 2.53. The number of hydrogen-bond acceptors (Lipinski definition) is 2. The number of ether oxygens (including phenoxy) is 1. The van der Waals surface area contributed by atoms with Gasteiger partial charge in [-0.05, 0) is 24.6 Å². The lowest BCUT2D eigenvalue weighted by molar-refractivity contribution is 0.0953. The maximum Gasteiger partial charge on any atom is 0.251 e. The molecule has 3 nitrogen and oxygen atoms in total. The second-order valence-electron chi connectivity index (χ2n) is 3.46. The van der Waals surface area contributed by atoms with Gasteiger partial charge in [-0.25, -0.2) is 0 Å². The van der Waals surface area contributed by atoms with Crippen LogP contribution in [0.2, 0.25) is 5.02 Å². The van der Waals surface area contributed by atoms with Gasteiger partial charge in [-0.3, -0.25) is 4.79 Å². The molecule has 16 heavy (non-hydrogen) atoms. The van der Waals surface area contributed by atoms with Crippen molar-refractivity contribution in [3.05, 3.63) is 28.8 Å². The average molecular weight is 242 g/mol. The molecule has 0 aliphatic carbocycles. The first kappa shape index (κ1) is 12.8. The summed E-state index contributed by atoms with van der Waals surface area (Å²) in [5, 5.41) is 3.28. The standard InChI is InChI=1S/C12H16ClNO2/c1-3-4-7-14-12(15)9-5-6-11(16-2)10(13)8-9/h5-6,8H,3-4,7H2,1-2H3,(H,14,15). The number of hydrogen-bond donors (Lipinski definition) is 1. The molecule has 0 heterocycles. The van der Waals surface area contributed by atoms with E-state index in [1.807, 2.05) is 0 Å². The van der Waals surface area contributed by atoms with E-state index in [9.17, 15) is 4.79 Å². The number of nitrogens with one attached hydrogen (secondary N) is 1. The Morgan fingerprint density at radius 2 is 2.25 bits per heavy atom. The van der Waals surface area contributed by atoms with Gasteiger partial charge in [-0.1, -0.05) is 24.9 Å². The molecule has 0 saturated carbocycles. The Morgan fingerprint density at radius 3 is 2.81 bits per heavy atom. The second-order valence-corrected chi connectivity index (χ2v) is 3.87. The van der Waals surface area contributed by atoms with Gasteiger partial charge in [0.25, 0.3) is 5.91 Å². The number of methoxy groups -OCH3 is 1. The van der Waals surface area contributed by atoms with Crippen LogP contribution in [0, 0.1) is 0 Å². The molecule has 0 saturated heterocycles. The topological polar surface area (TPSA) is 38.3 Å². The van der Waals surface area contributed by atoms with Crippen LogP contribution in [0.5, 0.6) is 5.75 Å². The fourth-order valence-electron chi connectivity index (χ4n) is 1.29. The van der Waals surface area contributed by atoms with Crippen LogP contribution in [-0.4, -0.2) is 19.6 Å². The summed E-state index contributed by atoms with van der Waals surface area (Å²) in [5.41, 5.74) is 0.557. The van der Waals surface area contributed by atoms with Gasteiger partial charge in [0.1, 0.15) is 5.75 Å². The van der Waals surface area contributed by atoms with E-state index in [4.69, 9.17) is 16.3 Å². The minimum Gasteiger partial charge on any atom is -0.495 e. The fourth-order valence-corrected chi connectivity index (χ4v) is 1.55. The third kappa shape index (κ3) is 3.42. The maximum atomic E-state index is 11.7. The molecule has 0 aliphatic rings. The van der Waals surface area contributed by atoms with Crippen molar-refractivity contribution in [3.8, 4) is 5.75 Å². The van der Waals surface area contributed by atoms with Crippen molar-refractivity contribution in [2.24, 2.45) is 0 Å². The van der Waals surface area contributed by atoms with Crippen LogP contribution in [0.1, 0.15) is 30.1 Å². The molecule has 0 atom stereocenters. The molecule has 1 N–H and O–H groups in total. The summed E-state index contributed by atoms with van der Waals surface area (Å²) in [5.74, 6) is 0.477. The van der Waals surface area contributed by atoms with Crippen LogP contribution in [0.3, 0.4) is 0 Å². The summed E-state index contributed by atoms with van der Waals surface area (Å²) >= 11 is 5.93. The number of amides is 1. The SMILES string of the molecule is CCCCNC(=O)c1ccc(OC)c(Cl)c1. The molecule has 0 radical (unpaired) electrons. The molecule has 0 bridgehead atoms. The quantitative estimate of drug-likeness (QED) is 0.805. The van der Waals surface area contributed by atoms with Crippen molar-refractivity contribution >= 4 is 17.5 Å². The highest BCUT2D eigenvalue weighted by Gasteiger charge is 2.07. The number of rotatable bonds is 5. The Morgan fingerprint density at radius 1 is 1.50 bits per heavy atom. The summed E-state index contributed by atoms with van der Waals surface area (Å²) in [6.45, 7) is 2.77. The van der Waals surface area contributed by atoms with Gasteiger partial charge in [-0.2, -0.15) is 0 Å². The van der Waals surface area contributed by atoms with Crippen molar-refractivity contribution in [1.29, 1.82) is 0 Å². The van der Waals surface area contributed by atoms with Gasteiger partial charge in [0.05, 0.1) is 12.1 Å². The van der Waals surface area contributed by atoms with E-state index in [0.29, 0.717) is 22.9 Å². The zero-order valence-corrected chi connectivity index (χ0v) is 10.3. The lowest BCUT2D eigenvalue weighted by Gasteiger charge is -2.06. The van der Waals surface area contributed by atoms with E-state index >= 15 is 0 Å². The van der Waals surface area contributed by atoms with Gasteiger partial charge in [-0.15, -0.1) is 0 Å². The van der Waals surface area contributed by atoms with E-state index in [1.165, 1.54) is 0 Å². The molecular weight excluding hydrogens is 226 g/mol. The predicted molar refractivity (Wildman–Crippen MR) is 65.2 cm³/mol. The lowest BCUT2D eigenvalue weighted by atomic mass is 10.2. The van der Waals surface area contributed by atoms with Gasteiger partial charge < -0.3 is 10.1 Å². The van der Waals surface area contributed by atoms with Crippen LogP contribution in [0.15, 0.2) is 18.2 Å². The average Bonchev–Trinajstić information content (AvgIpc) is 2.29. The molecule has 4 heteroatoms. The van der Waals surface area contributed by atoms with Gasteiger partial charge in [0.2, 0.25) is 0 Å². The molecule has 88 valence electrons. The van der Waals surface area contributed by atoms with Crippen LogP contribution < -0.4 is 10.1 Å². The molecule has 1 amide bonds.